The number of nitrogens with one attached hydrogen (secondary N) is 1. The van der Waals surface area contributed by atoms with Gasteiger partial charge in [-0.25, -0.2) is 0 Å². The van der Waals surface area contributed by atoms with Gasteiger partial charge in [-0.2, -0.15) is 0 Å². The average Bonchev–Trinajstić information content (AvgIpc) is 3.46. The van der Waals surface area contributed by atoms with Gasteiger partial charge in [0, 0.05) is 4.88 Å². The van der Waals surface area contributed by atoms with Gasteiger partial charge in [0.1, 0.15) is 5.75 Å². The summed E-state index contributed by atoms with van der Waals surface area (Å²) in [5.41, 5.74) is 2.12. The molecule has 4 rings (SSSR count). The maximum absolute atomic E-state index is 5.83. The average molecular weight is 446 g/mol. The molecule has 3 heterocycles. The second-order valence-corrected chi connectivity index (χ2v) is 9.40. The molecule has 0 saturated carbocycles. The third-order valence-corrected chi connectivity index (χ3v) is 7.42. The summed E-state index contributed by atoms with van der Waals surface area (Å²) in [5, 5.41) is 20.7. The van der Waals surface area contributed by atoms with E-state index in [1.165, 1.54) is 33.5 Å². The van der Waals surface area contributed by atoms with Crippen LogP contribution >= 0.6 is 34.4 Å². The van der Waals surface area contributed by atoms with Crippen LogP contribution in [-0.4, -0.2) is 27.5 Å². The number of thiophene rings is 1. The summed E-state index contributed by atoms with van der Waals surface area (Å²) in [6.07, 6.45) is 1.01. The van der Waals surface area contributed by atoms with Crippen LogP contribution in [0, 0.1) is 6.92 Å². The number of aromatic nitrogens is 4. The molecule has 0 aliphatic heterocycles. The van der Waals surface area contributed by atoms with Crippen molar-refractivity contribution in [2.75, 3.05) is 12.4 Å². The molecule has 0 radical (unpaired) electrons. The number of nitrogens with zero attached hydrogens (tertiary/aromatic N) is 4. The maximum atomic E-state index is 5.83. The van der Waals surface area contributed by atoms with Gasteiger partial charge in [-0.15, -0.1) is 31.7 Å². The molecule has 0 aliphatic rings. The van der Waals surface area contributed by atoms with Crippen molar-refractivity contribution in [3.05, 3.63) is 46.7 Å². The molecule has 0 bridgehead atoms. The normalized spacial score (nSPS) is 11.0. The van der Waals surface area contributed by atoms with E-state index < -0.39 is 0 Å². The van der Waals surface area contributed by atoms with Gasteiger partial charge in [-0.05, 0) is 37.1 Å². The first-order valence-corrected chi connectivity index (χ1v) is 11.6. The molecule has 0 fully saturated rings. The maximum Gasteiger partial charge on any atom is 0.257 e. The number of anilines is 2. The largest absolute Gasteiger partial charge is 0.495 e. The molecule has 1 N–H and O–H groups in total. The highest BCUT2D eigenvalue weighted by molar-refractivity contribution is 8.00. The molecular weight excluding hydrogens is 426 g/mol. The van der Waals surface area contributed by atoms with E-state index in [-0.39, 0.29) is 0 Å². The zero-order chi connectivity index (χ0) is 20.2. The molecule has 0 aliphatic carbocycles. The Morgan fingerprint density at radius 1 is 1.14 bits per heavy atom. The van der Waals surface area contributed by atoms with Gasteiger partial charge in [0.05, 0.1) is 23.4 Å². The monoisotopic (exact) mass is 445 g/mol. The van der Waals surface area contributed by atoms with Crippen LogP contribution in [0.1, 0.15) is 23.3 Å². The van der Waals surface area contributed by atoms with E-state index in [4.69, 9.17) is 9.15 Å². The number of para-hydroxylation sites is 2. The molecule has 0 atom stereocenters. The van der Waals surface area contributed by atoms with Crippen molar-refractivity contribution >= 4 is 45.3 Å². The molecule has 7 nitrogen and oxygen atoms in total. The fourth-order valence-corrected chi connectivity index (χ4v) is 5.33. The molecule has 1 aromatic carbocycles. The summed E-state index contributed by atoms with van der Waals surface area (Å²) >= 11 is 4.69. The van der Waals surface area contributed by atoms with E-state index >= 15 is 0 Å². The van der Waals surface area contributed by atoms with Crippen molar-refractivity contribution < 1.29 is 9.15 Å². The summed E-state index contributed by atoms with van der Waals surface area (Å²) in [6, 6.07) is 9.79. The lowest BCUT2D eigenvalue weighted by atomic mass is 10.2. The van der Waals surface area contributed by atoms with Gasteiger partial charge in [0.25, 0.3) is 5.89 Å². The molecule has 0 saturated heterocycles. The first-order valence-electron chi connectivity index (χ1n) is 8.94. The highest BCUT2D eigenvalue weighted by atomic mass is 32.2. The lowest BCUT2D eigenvalue weighted by Crippen LogP contribution is -1.93. The predicted molar refractivity (Wildman–Crippen MR) is 117 cm³/mol. The van der Waals surface area contributed by atoms with E-state index in [1.54, 1.807) is 18.4 Å². The third kappa shape index (κ3) is 4.60. The predicted octanol–water partition coefficient (Wildman–Crippen LogP) is 5.56. The van der Waals surface area contributed by atoms with E-state index in [1.807, 2.05) is 24.3 Å². The molecule has 29 heavy (non-hydrogen) atoms. The van der Waals surface area contributed by atoms with Crippen molar-refractivity contribution in [3.8, 4) is 16.5 Å². The SMILES string of the molecule is CCc1sc(-c2nnc(CSc3nnc(Nc4ccccc4OC)s3)o2)cc1C. The van der Waals surface area contributed by atoms with Crippen LogP contribution in [0.15, 0.2) is 39.1 Å². The minimum Gasteiger partial charge on any atom is -0.495 e. The highest BCUT2D eigenvalue weighted by Crippen LogP contribution is 2.34. The van der Waals surface area contributed by atoms with Crippen LogP contribution in [0.5, 0.6) is 5.75 Å². The van der Waals surface area contributed by atoms with E-state index in [0.29, 0.717) is 22.7 Å². The van der Waals surface area contributed by atoms with Crippen LogP contribution in [0.3, 0.4) is 0 Å². The Hall–Kier alpha value is -2.43. The number of aryl methyl sites for hydroxylation is 2. The van der Waals surface area contributed by atoms with E-state index in [2.05, 4.69) is 45.6 Å². The molecular formula is C19H19N5O2S3. The Kier molecular flexibility index (Phi) is 6.12. The summed E-state index contributed by atoms with van der Waals surface area (Å²) in [4.78, 5) is 2.36. The first kappa shape index (κ1) is 19.9. The van der Waals surface area contributed by atoms with Crippen LogP contribution in [-0.2, 0) is 12.2 Å². The Morgan fingerprint density at radius 2 is 2.00 bits per heavy atom. The number of ether oxygens (including phenoxy) is 1. The van der Waals surface area contributed by atoms with Crippen molar-refractivity contribution in [3.63, 3.8) is 0 Å². The third-order valence-electron chi connectivity index (χ3n) is 4.09. The van der Waals surface area contributed by atoms with Gasteiger partial charge < -0.3 is 14.5 Å². The second kappa shape index (κ2) is 8.93. The molecule has 3 aromatic heterocycles. The summed E-state index contributed by atoms with van der Waals surface area (Å²) < 4.78 is 12.0. The minimum absolute atomic E-state index is 0.543. The zero-order valence-electron chi connectivity index (χ0n) is 16.1. The molecule has 4 aromatic rings. The van der Waals surface area contributed by atoms with Crippen molar-refractivity contribution in [2.24, 2.45) is 0 Å². The van der Waals surface area contributed by atoms with E-state index in [9.17, 15) is 0 Å². The van der Waals surface area contributed by atoms with Crippen LogP contribution in [0.2, 0.25) is 0 Å². The lowest BCUT2D eigenvalue weighted by Gasteiger charge is -2.07. The quantitative estimate of drug-likeness (QED) is 0.353. The smallest absolute Gasteiger partial charge is 0.257 e. The summed E-state index contributed by atoms with van der Waals surface area (Å²) in [6.45, 7) is 4.26. The zero-order valence-corrected chi connectivity index (χ0v) is 18.6. The fraction of sp³-hybridized carbons (Fsp3) is 0.263. The van der Waals surface area contributed by atoms with E-state index in [0.717, 1.165) is 27.1 Å². The molecule has 10 heteroatoms. The van der Waals surface area contributed by atoms with Crippen molar-refractivity contribution in [1.82, 2.24) is 20.4 Å². The van der Waals surface area contributed by atoms with Crippen LogP contribution in [0.25, 0.3) is 10.8 Å². The molecule has 0 amide bonds. The van der Waals surface area contributed by atoms with Gasteiger partial charge >= 0.3 is 0 Å². The lowest BCUT2D eigenvalue weighted by molar-refractivity contribution is 0.417. The van der Waals surface area contributed by atoms with Gasteiger partial charge in [-0.3, -0.25) is 0 Å². The number of hydrogen-bond donors (Lipinski definition) is 1. The van der Waals surface area contributed by atoms with Crippen LogP contribution < -0.4 is 10.1 Å². The van der Waals surface area contributed by atoms with Crippen molar-refractivity contribution in [1.29, 1.82) is 0 Å². The second-order valence-electron chi connectivity index (χ2n) is 6.06. The summed E-state index contributed by atoms with van der Waals surface area (Å²) in [5.74, 6) is 2.44. The van der Waals surface area contributed by atoms with Gasteiger partial charge in [0.15, 0.2) is 4.34 Å². The van der Waals surface area contributed by atoms with Gasteiger partial charge in [0.2, 0.25) is 11.0 Å². The Labute approximate surface area is 180 Å². The fourth-order valence-electron chi connectivity index (χ4n) is 2.69. The van der Waals surface area contributed by atoms with Crippen LogP contribution in [0.4, 0.5) is 10.8 Å². The molecule has 0 unspecified atom stereocenters. The summed E-state index contributed by atoms with van der Waals surface area (Å²) in [7, 11) is 1.64. The first-order chi connectivity index (χ1) is 14.2. The number of thioether (sulfide) groups is 1. The molecule has 150 valence electrons. The van der Waals surface area contributed by atoms with Gasteiger partial charge in [-0.1, -0.05) is 42.2 Å². The Bertz CT molecular complexity index is 1100. The Balaban J connectivity index is 1.38. The number of hydrogen-bond acceptors (Lipinski definition) is 10. The number of rotatable bonds is 8. The minimum atomic E-state index is 0.543. The number of methoxy groups -OCH3 is 1. The standard InChI is InChI=1S/C19H19N5O2S3/c1-4-14-11(2)9-15(28-14)17-22-21-16(26-17)10-27-19-24-23-18(29-19)20-12-7-5-6-8-13(12)25-3/h5-9H,4,10H2,1-3H3,(H,20,23). The molecule has 0 spiro atoms. The highest BCUT2D eigenvalue weighted by Gasteiger charge is 2.14. The topological polar surface area (TPSA) is 86.0 Å². The number of benzene rings is 1. The Morgan fingerprint density at radius 3 is 2.79 bits per heavy atom. The van der Waals surface area contributed by atoms with Crippen molar-refractivity contribution in [2.45, 2.75) is 30.4 Å².